The lowest BCUT2D eigenvalue weighted by Gasteiger charge is -2.17. The number of thioether (sulfide) groups is 1. The maximum Gasteiger partial charge on any atom is 0.123 e. The summed E-state index contributed by atoms with van der Waals surface area (Å²) in [6.45, 7) is 2.80. The largest absolute Gasteiger partial charge is 0.508 e. The Bertz CT molecular complexity index is 483. The average Bonchev–Trinajstić information content (AvgIpc) is 2.37. The molecule has 1 aromatic carbocycles. The van der Waals surface area contributed by atoms with Gasteiger partial charge in [-0.25, -0.2) is 0 Å². The molecule has 0 fully saturated rings. The molecule has 0 aromatic heterocycles. The summed E-state index contributed by atoms with van der Waals surface area (Å²) in [5.41, 5.74) is 0.812. The zero-order valence-electron chi connectivity index (χ0n) is 10.3. The Morgan fingerprint density at radius 3 is 2.83 bits per heavy atom. The van der Waals surface area contributed by atoms with E-state index in [1.54, 1.807) is 23.9 Å². The second kappa shape index (κ2) is 5.96. The van der Waals surface area contributed by atoms with Crippen molar-refractivity contribution in [2.45, 2.75) is 19.3 Å². The normalized spacial score (nSPS) is 18.7. The Hall–Kier alpha value is -1.42. The first-order valence-electron chi connectivity index (χ1n) is 6.08. The number of dihydropyridines is 1. The topological polar surface area (TPSA) is 52.8 Å². The highest BCUT2D eigenvalue weighted by atomic mass is 32.2. The van der Waals surface area contributed by atoms with Gasteiger partial charge >= 0.3 is 0 Å². The van der Waals surface area contributed by atoms with Gasteiger partial charge in [0.15, 0.2) is 0 Å². The number of benzene rings is 1. The predicted octanol–water partition coefficient (Wildman–Crippen LogP) is 3.29. The van der Waals surface area contributed by atoms with Crippen LogP contribution in [0.4, 0.5) is 0 Å². The van der Waals surface area contributed by atoms with E-state index < -0.39 is 0 Å². The van der Waals surface area contributed by atoms with Gasteiger partial charge in [-0.3, -0.25) is 4.99 Å². The molecule has 0 saturated heterocycles. The van der Waals surface area contributed by atoms with Crippen molar-refractivity contribution in [3.63, 3.8) is 0 Å². The smallest absolute Gasteiger partial charge is 0.123 e. The van der Waals surface area contributed by atoms with Crippen LogP contribution in [-0.2, 0) is 0 Å². The van der Waals surface area contributed by atoms with Gasteiger partial charge in [0.25, 0.3) is 0 Å². The summed E-state index contributed by atoms with van der Waals surface area (Å²) < 4.78 is 0. The minimum absolute atomic E-state index is 0.0822. The molecule has 1 heterocycles. The number of nitrogens with zero attached hydrogens (tertiary/aromatic N) is 1. The third kappa shape index (κ3) is 3.07. The highest BCUT2D eigenvalue weighted by Gasteiger charge is 2.16. The van der Waals surface area contributed by atoms with Crippen molar-refractivity contribution in [1.29, 1.82) is 0 Å². The molecule has 0 spiro atoms. The van der Waals surface area contributed by atoms with Crippen molar-refractivity contribution < 1.29 is 10.2 Å². The zero-order chi connectivity index (χ0) is 13.0. The molecule has 0 aliphatic carbocycles. The van der Waals surface area contributed by atoms with Crippen molar-refractivity contribution in [1.82, 2.24) is 0 Å². The van der Waals surface area contributed by atoms with Crippen LogP contribution >= 0.6 is 11.8 Å². The van der Waals surface area contributed by atoms with E-state index in [2.05, 4.69) is 18.0 Å². The molecule has 3 nitrogen and oxygen atoms in total. The molecule has 96 valence electrons. The summed E-state index contributed by atoms with van der Waals surface area (Å²) in [6, 6.07) is 4.71. The molecule has 1 atom stereocenters. The molecular weight excluding hydrogens is 246 g/mol. The fourth-order valence-electron chi connectivity index (χ4n) is 1.85. The standard InChI is InChI=1S/C14H17NO2S/c1-2-7-18-14-6-3-10(9-15-14)12-5-4-11(16)8-13(12)17/h3-6,8,10,16-17H,2,7,9H2,1H3. The second-order valence-electron chi connectivity index (χ2n) is 4.24. The molecule has 0 amide bonds. The van der Waals surface area contributed by atoms with Gasteiger partial charge in [0.05, 0.1) is 11.6 Å². The van der Waals surface area contributed by atoms with Crippen molar-refractivity contribution in [3.8, 4) is 11.5 Å². The Labute approximate surface area is 111 Å². The first-order chi connectivity index (χ1) is 8.70. The Morgan fingerprint density at radius 2 is 2.22 bits per heavy atom. The lowest BCUT2D eigenvalue weighted by molar-refractivity contribution is 0.444. The number of rotatable bonds is 3. The van der Waals surface area contributed by atoms with Crippen molar-refractivity contribution in [3.05, 3.63) is 35.9 Å². The van der Waals surface area contributed by atoms with Gasteiger partial charge in [-0.05, 0) is 24.3 Å². The van der Waals surface area contributed by atoms with Gasteiger partial charge in [0, 0.05) is 17.5 Å². The maximum absolute atomic E-state index is 9.80. The average molecular weight is 263 g/mol. The molecule has 0 bridgehead atoms. The van der Waals surface area contributed by atoms with E-state index in [4.69, 9.17) is 0 Å². The number of hydrogen-bond donors (Lipinski definition) is 2. The third-order valence-corrected chi connectivity index (χ3v) is 3.96. The summed E-state index contributed by atoms with van der Waals surface area (Å²) in [5.74, 6) is 1.39. The number of aromatic hydroxyl groups is 2. The zero-order valence-corrected chi connectivity index (χ0v) is 11.2. The molecule has 2 rings (SSSR count). The first kappa shape index (κ1) is 13.0. The van der Waals surface area contributed by atoms with Crippen LogP contribution in [0, 0.1) is 0 Å². The van der Waals surface area contributed by atoms with Crippen molar-refractivity contribution in [2.75, 3.05) is 12.3 Å². The fraction of sp³-hybridized carbons (Fsp3) is 0.357. The quantitative estimate of drug-likeness (QED) is 0.879. The monoisotopic (exact) mass is 263 g/mol. The lowest BCUT2D eigenvalue weighted by atomic mass is 9.96. The van der Waals surface area contributed by atoms with E-state index in [1.165, 1.54) is 6.07 Å². The van der Waals surface area contributed by atoms with Crippen LogP contribution in [0.1, 0.15) is 24.8 Å². The van der Waals surface area contributed by atoms with Crippen LogP contribution in [-0.4, -0.2) is 27.6 Å². The molecule has 1 aliphatic rings. The van der Waals surface area contributed by atoms with Crippen molar-refractivity contribution in [2.24, 2.45) is 4.99 Å². The molecule has 2 N–H and O–H groups in total. The molecular formula is C14H17NO2S. The molecule has 4 heteroatoms. The molecule has 0 radical (unpaired) electrons. The van der Waals surface area contributed by atoms with Gasteiger partial charge in [0.2, 0.25) is 0 Å². The van der Waals surface area contributed by atoms with Gasteiger partial charge in [-0.2, -0.15) is 0 Å². The van der Waals surface area contributed by atoms with E-state index in [0.29, 0.717) is 6.54 Å². The van der Waals surface area contributed by atoms with Gasteiger partial charge in [-0.15, -0.1) is 11.8 Å². The molecule has 0 saturated carbocycles. The van der Waals surface area contributed by atoms with E-state index in [9.17, 15) is 10.2 Å². The molecule has 18 heavy (non-hydrogen) atoms. The summed E-state index contributed by atoms with van der Waals surface area (Å²) in [6.07, 6.45) is 5.22. The van der Waals surface area contributed by atoms with E-state index in [1.807, 2.05) is 6.08 Å². The Balaban J connectivity index is 2.06. The van der Waals surface area contributed by atoms with Gasteiger partial charge < -0.3 is 10.2 Å². The Kier molecular flexibility index (Phi) is 4.31. The first-order valence-corrected chi connectivity index (χ1v) is 7.06. The molecule has 1 unspecified atom stereocenters. The lowest BCUT2D eigenvalue weighted by Crippen LogP contribution is -2.07. The second-order valence-corrected chi connectivity index (χ2v) is 5.35. The number of hydrogen-bond acceptors (Lipinski definition) is 4. The minimum atomic E-state index is 0.0822. The van der Waals surface area contributed by atoms with Crippen LogP contribution in [0.5, 0.6) is 11.5 Å². The van der Waals surface area contributed by atoms with Crippen LogP contribution in [0.25, 0.3) is 0 Å². The summed E-state index contributed by atoms with van der Waals surface area (Å²) >= 11 is 1.76. The van der Waals surface area contributed by atoms with Gasteiger partial charge in [-0.1, -0.05) is 19.1 Å². The van der Waals surface area contributed by atoms with Gasteiger partial charge in [0.1, 0.15) is 11.5 Å². The summed E-state index contributed by atoms with van der Waals surface area (Å²) in [4.78, 5) is 4.51. The number of aliphatic imine (C=N–C) groups is 1. The molecule has 1 aromatic rings. The maximum atomic E-state index is 9.80. The van der Waals surface area contributed by atoms with E-state index >= 15 is 0 Å². The number of phenolic OH excluding ortho intramolecular Hbond substituents is 2. The summed E-state index contributed by atoms with van der Waals surface area (Å²) in [7, 11) is 0. The predicted molar refractivity (Wildman–Crippen MR) is 76.7 cm³/mol. The highest BCUT2D eigenvalue weighted by molar-refractivity contribution is 8.14. The van der Waals surface area contributed by atoms with Crippen LogP contribution in [0.15, 0.2) is 35.3 Å². The third-order valence-electron chi connectivity index (χ3n) is 2.78. The number of phenols is 2. The SMILES string of the molecule is CCCSC1=NCC(c2ccc(O)cc2O)C=C1. The minimum Gasteiger partial charge on any atom is -0.508 e. The van der Waals surface area contributed by atoms with Crippen LogP contribution in [0.3, 0.4) is 0 Å². The van der Waals surface area contributed by atoms with E-state index in [0.717, 1.165) is 22.8 Å². The molecule has 1 aliphatic heterocycles. The fourth-order valence-corrected chi connectivity index (χ4v) is 2.60. The van der Waals surface area contributed by atoms with E-state index in [-0.39, 0.29) is 17.4 Å². The van der Waals surface area contributed by atoms with Crippen molar-refractivity contribution >= 4 is 16.8 Å². The Morgan fingerprint density at radius 1 is 1.39 bits per heavy atom. The van der Waals surface area contributed by atoms with Crippen LogP contribution < -0.4 is 0 Å². The summed E-state index contributed by atoms with van der Waals surface area (Å²) in [5, 5.41) is 20.1. The highest BCUT2D eigenvalue weighted by Crippen LogP contribution is 2.32. The van der Waals surface area contributed by atoms with Crippen LogP contribution in [0.2, 0.25) is 0 Å².